The van der Waals surface area contributed by atoms with Gasteiger partial charge in [-0.05, 0) is 48.0 Å². The summed E-state index contributed by atoms with van der Waals surface area (Å²) in [6.45, 7) is 4.11. The zero-order valence-electron chi connectivity index (χ0n) is 26.1. The highest BCUT2D eigenvalue weighted by Gasteiger charge is 2.38. The van der Waals surface area contributed by atoms with E-state index in [0.717, 1.165) is 53.0 Å². The SMILES string of the molecule is CC1C(CN(C)CCc2ccccn2)OC(c2ccc(CNC(=O)c3cnc4ccccc4n3)cc2)OC1c1ccc(CO)cc1. The van der Waals surface area contributed by atoms with Gasteiger partial charge < -0.3 is 24.8 Å². The van der Waals surface area contributed by atoms with E-state index in [1.807, 2.05) is 91.1 Å². The number of rotatable bonds is 11. The zero-order valence-corrected chi connectivity index (χ0v) is 26.1. The minimum Gasteiger partial charge on any atom is -0.392 e. The summed E-state index contributed by atoms with van der Waals surface area (Å²) in [7, 11) is 2.11. The average Bonchev–Trinajstić information content (AvgIpc) is 3.11. The minimum atomic E-state index is -0.565. The smallest absolute Gasteiger partial charge is 0.271 e. The molecule has 5 aromatic rings. The first-order chi connectivity index (χ1) is 22.5. The van der Waals surface area contributed by atoms with Gasteiger partial charge >= 0.3 is 0 Å². The molecule has 3 heterocycles. The van der Waals surface area contributed by atoms with Gasteiger partial charge in [0.15, 0.2) is 6.29 Å². The van der Waals surface area contributed by atoms with Crippen LogP contribution < -0.4 is 5.32 Å². The average molecular weight is 618 g/mol. The summed E-state index contributed by atoms with van der Waals surface area (Å²) in [4.78, 5) is 28.3. The number of fused-ring (bicyclic) bond motifs is 1. The fourth-order valence-electron chi connectivity index (χ4n) is 5.71. The summed E-state index contributed by atoms with van der Waals surface area (Å²) in [5.74, 6) is -0.193. The Labute approximate surface area is 269 Å². The lowest BCUT2D eigenvalue weighted by molar-refractivity contribution is -0.275. The molecule has 4 unspecified atom stereocenters. The van der Waals surface area contributed by atoms with Gasteiger partial charge in [-0.15, -0.1) is 0 Å². The van der Waals surface area contributed by atoms with Crippen molar-refractivity contribution in [3.63, 3.8) is 0 Å². The number of nitrogens with zero attached hydrogens (tertiary/aromatic N) is 4. The van der Waals surface area contributed by atoms with Crippen molar-refractivity contribution in [2.75, 3.05) is 20.1 Å². The van der Waals surface area contributed by atoms with Crippen LogP contribution in [0.3, 0.4) is 0 Å². The normalized spacial score (nSPS) is 19.7. The predicted octanol–water partition coefficient (Wildman–Crippen LogP) is 5.41. The Morgan fingerprint density at radius 3 is 2.33 bits per heavy atom. The van der Waals surface area contributed by atoms with E-state index >= 15 is 0 Å². The summed E-state index contributed by atoms with van der Waals surface area (Å²) in [5, 5.41) is 12.5. The van der Waals surface area contributed by atoms with Crippen LogP contribution in [-0.2, 0) is 29.0 Å². The van der Waals surface area contributed by atoms with Crippen LogP contribution in [0.2, 0.25) is 0 Å². The van der Waals surface area contributed by atoms with E-state index in [1.165, 1.54) is 6.20 Å². The molecule has 0 aliphatic carbocycles. The fourth-order valence-corrected chi connectivity index (χ4v) is 5.71. The van der Waals surface area contributed by atoms with Crippen molar-refractivity contribution in [3.05, 3.63) is 137 Å². The molecule has 236 valence electrons. The first-order valence-electron chi connectivity index (χ1n) is 15.6. The van der Waals surface area contributed by atoms with Crippen LogP contribution in [0.4, 0.5) is 0 Å². The molecule has 0 spiro atoms. The van der Waals surface area contributed by atoms with Gasteiger partial charge in [-0.25, -0.2) is 4.98 Å². The number of nitrogens with one attached hydrogen (secondary N) is 1. The summed E-state index contributed by atoms with van der Waals surface area (Å²) in [6.07, 6.45) is 3.34. The summed E-state index contributed by atoms with van der Waals surface area (Å²) in [6, 6.07) is 29.4. The molecular weight excluding hydrogens is 578 g/mol. The molecule has 4 atom stereocenters. The van der Waals surface area contributed by atoms with Gasteiger partial charge in [-0.1, -0.05) is 73.7 Å². The lowest BCUT2D eigenvalue weighted by atomic mass is 9.90. The van der Waals surface area contributed by atoms with Crippen molar-refractivity contribution < 1.29 is 19.4 Å². The number of para-hydroxylation sites is 2. The maximum absolute atomic E-state index is 12.8. The van der Waals surface area contributed by atoms with Crippen LogP contribution >= 0.6 is 0 Å². The summed E-state index contributed by atoms with van der Waals surface area (Å²) < 4.78 is 13.2. The minimum absolute atomic E-state index is 0.000748. The van der Waals surface area contributed by atoms with Crippen molar-refractivity contribution >= 4 is 16.9 Å². The Morgan fingerprint density at radius 2 is 1.59 bits per heavy atom. The number of carbonyl (C=O) groups excluding carboxylic acids is 1. The largest absolute Gasteiger partial charge is 0.392 e. The predicted molar refractivity (Wildman–Crippen MR) is 176 cm³/mol. The van der Waals surface area contributed by atoms with Gasteiger partial charge in [0.2, 0.25) is 0 Å². The van der Waals surface area contributed by atoms with Crippen LogP contribution in [-0.4, -0.2) is 57.1 Å². The van der Waals surface area contributed by atoms with Crippen molar-refractivity contribution in [2.24, 2.45) is 5.92 Å². The second-order valence-corrected chi connectivity index (χ2v) is 11.8. The number of amides is 1. The number of ether oxygens (including phenoxy) is 2. The van der Waals surface area contributed by atoms with E-state index < -0.39 is 6.29 Å². The quantitative estimate of drug-likeness (QED) is 0.203. The second-order valence-electron chi connectivity index (χ2n) is 11.8. The Balaban J connectivity index is 1.13. The van der Waals surface area contributed by atoms with Crippen molar-refractivity contribution in [2.45, 2.75) is 45.0 Å². The number of hydrogen-bond donors (Lipinski definition) is 2. The molecule has 9 heteroatoms. The van der Waals surface area contributed by atoms with Gasteiger partial charge in [0.1, 0.15) is 5.69 Å². The highest BCUT2D eigenvalue weighted by atomic mass is 16.7. The summed E-state index contributed by atoms with van der Waals surface area (Å²) >= 11 is 0. The molecule has 0 bridgehead atoms. The first kappa shape index (κ1) is 31.4. The molecule has 2 aromatic heterocycles. The van der Waals surface area contributed by atoms with Gasteiger partial charge in [-0.2, -0.15) is 0 Å². The molecule has 0 radical (unpaired) electrons. The topological polar surface area (TPSA) is 110 Å². The number of aliphatic hydroxyl groups excluding tert-OH is 1. The molecule has 46 heavy (non-hydrogen) atoms. The number of likely N-dealkylation sites (N-methyl/N-ethyl adjacent to an activating group) is 1. The van der Waals surface area contributed by atoms with E-state index in [-0.39, 0.29) is 36.3 Å². The van der Waals surface area contributed by atoms with Crippen molar-refractivity contribution in [1.82, 2.24) is 25.2 Å². The lowest BCUT2D eigenvalue weighted by Crippen LogP contribution is -2.43. The summed E-state index contributed by atoms with van der Waals surface area (Å²) in [5.41, 5.74) is 6.54. The van der Waals surface area contributed by atoms with Gasteiger partial charge in [0.25, 0.3) is 5.91 Å². The van der Waals surface area contributed by atoms with E-state index in [4.69, 9.17) is 9.47 Å². The molecule has 1 saturated heterocycles. The second kappa shape index (κ2) is 14.7. The van der Waals surface area contributed by atoms with Crippen LogP contribution in [0, 0.1) is 5.92 Å². The Kier molecular flexibility index (Phi) is 10.0. The Morgan fingerprint density at radius 1 is 0.870 bits per heavy atom. The molecule has 2 N–H and O–H groups in total. The molecule has 6 rings (SSSR count). The van der Waals surface area contributed by atoms with Crippen LogP contribution in [0.25, 0.3) is 11.0 Å². The molecule has 1 aliphatic heterocycles. The highest BCUT2D eigenvalue weighted by molar-refractivity contribution is 5.93. The van der Waals surface area contributed by atoms with Gasteiger partial charge in [0, 0.05) is 49.4 Å². The fraction of sp³-hybridized carbons (Fsp3) is 0.297. The molecule has 1 aliphatic rings. The maximum atomic E-state index is 12.8. The van der Waals surface area contributed by atoms with Crippen molar-refractivity contribution in [3.8, 4) is 0 Å². The number of hydrogen-bond acceptors (Lipinski definition) is 8. The zero-order chi connectivity index (χ0) is 31.9. The number of aromatic nitrogens is 3. The maximum Gasteiger partial charge on any atom is 0.271 e. The van der Waals surface area contributed by atoms with Crippen molar-refractivity contribution in [1.29, 1.82) is 0 Å². The van der Waals surface area contributed by atoms with Crippen LogP contribution in [0.15, 0.2) is 103 Å². The molecule has 3 aromatic carbocycles. The Bertz CT molecular complexity index is 1730. The molecular formula is C37H39N5O4. The molecule has 0 saturated carbocycles. The number of pyridine rings is 1. The number of carbonyl (C=O) groups is 1. The third kappa shape index (κ3) is 7.63. The third-order valence-electron chi connectivity index (χ3n) is 8.48. The Hall–Kier alpha value is -4.54. The van der Waals surface area contributed by atoms with E-state index in [2.05, 4.69) is 45.2 Å². The van der Waals surface area contributed by atoms with E-state index in [0.29, 0.717) is 12.1 Å². The number of aliphatic hydroxyl groups is 1. The highest BCUT2D eigenvalue weighted by Crippen LogP contribution is 2.41. The molecule has 1 amide bonds. The van der Waals surface area contributed by atoms with Gasteiger partial charge in [0.05, 0.1) is 36.0 Å². The van der Waals surface area contributed by atoms with E-state index in [1.54, 1.807) is 0 Å². The number of benzene rings is 3. The van der Waals surface area contributed by atoms with Crippen LogP contribution in [0.5, 0.6) is 0 Å². The monoisotopic (exact) mass is 617 g/mol. The van der Waals surface area contributed by atoms with E-state index in [9.17, 15) is 9.90 Å². The lowest BCUT2D eigenvalue weighted by Gasteiger charge is -2.42. The first-order valence-corrected chi connectivity index (χ1v) is 15.6. The van der Waals surface area contributed by atoms with Crippen LogP contribution in [0.1, 0.15) is 57.8 Å². The third-order valence-corrected chi connectivity index (χ3v) is 8.48. The van der Waals surface area contributed by atoms with Gasteiger partial charge in [-0.3, -0.25) is 14.8 Å². The molecule has 1 fully saturated rings. The standard InChI is InChI=1S/C37H39N5O4/c1-25-34(23-42(2)20-18-30-7-5-6-19-38-30)45-37(46-35(25)28-14-12-27(24-43)13-15-28)29-16-10-26(11-17-29)21-40-36(44)33-22-39-31-8-3-4-9-32(31)41-33/h3-17,19,22,25,34-35,37,43H,18,20-21,23-24H2,1-2H3,(H,40,44). The molecule has 9 nitrogen and oxygen atoms in total.